The Labute approximate surface area is 207 Å². The van der Waals surface area contributed by atoms with Crippen molar-refractivity contribution < 1.29 is 13.6 Å². The maximum Gasteiger partial charge on any atom is 0.294 e. The van der Waals surface area contributed by atoms with Gasteiger partial charge in [-0.15, -0.1) is 0 Å². The molecule has 1 heterocycles. The van der Waals surface area contributed by atoms with Gasteiger partial charge in [0.25, 0.3) is 12.0 Å². The third-order valence-electron chi connectivity index (χ3n) is 5.29. The highest BCUT2D eigenvalue weighted by Gasteiger charge is 2.18. The number of aromatic nitrogens is 2. The van der Waals surface area contributed by atoms with E-state index in [2.05, 4.69) is 20.6 Å². The Morgan fingerprint density at radius 2 is 1.86 bits per heavy atom. The van der Waals surface area contributed by atoms with Crippen LogP contribution in [0.15, 0.2) is 58.4 Å². The number of nitrogen functional groups attached to an aromatic ring is 1. The van der Waals surface area contributed by atoms with Crippen molar-refractivity contribution in [1.82, 2.24) is 14.9 Å². The van der Waals surface area contributed by atoms with Crippen molar-refractivity contribution in [2.45, 2.75) is 39.4 Å². The number of hydrogen-bond donors (Lipinski definition) is 4. The maximum absolute atomic E-state index is 13.4. The molecule has 11 heteroatoms. The third kappa shape index (κ3) is 6.44. The van der Waals surface area contributed by atoms with E-state index in [-0.39, 0.29) is 47.5 Å². The molecular formula is C25H29F2N7O2. The van der Waals surface area contributed by atoms with Gasteiger partial charge in [0.15, 0.2) is 5.82 Å². The average molecular weight is 498 g/mol. The molecule has 0 unspecified atom stereocenters. The van der Waals surface area contributed by atoms with Gasteiger partial charge in [0.1, 0.15) is 12.4 Å². The number of amidine groups is 1. The minimum absolute atomic E-state index is 0.0466. The fourth-order valence-corrected chi connectivity index (χ4v) is 3.52. The molecule has 0 saturated heterocycles. The van der Waals surface area contributed by atoms with Gasteiger partial charge in [-0.3, -0.25) is 19.1 Å². The van der Waals surface area contributed by atoms with Crippen molar-refractivity contribution in [2.24, 2.45) is 10.7 Å². The first kappa shape index (κ1) is 26.3. The predicted octanol–water partition coefficient (Wildman–Crippen LogP) is 2.90. The minimum Gasteiger partial charge on any atom is -0.399 e. The monoisotopic (exact) mass is 497 g/mol. The van der Waals surface area contributed by atoms with Crippen molar-refractivity contribution in [3.8, 4) is 11.3 Å². The number of carbonyl (C=O) groups is 1. The van der Waals surface area contributed by atoms with Gasteiger partial charge in [0.2, 0.25) is 5.91 Å². The number of hydrogen-bond acceptors (Lipinski definition) is 6. The van der Waals surface area contributed by atoms with Gasteiger partial charge in [0, 0.05) is 42.0 Å². The van der Waals surface area contributed by atoms with E-state index in [1.54, 1.807) is 31.3 Å². The first-order valence-corrected chi connectivity index (χ1v) is 11.2. The third-order valence-corrected chi connectivity index (χ3v) is 5.29. The van der Waals surface area contributed by atoms with Crippen LogP contribution in [0.1, 0.15) is 37.0 Å². The molecule has 2 aromatic carbocycles. The number of alkyl halides is 2. The minimum atomic E-state index is -2.75. The summed E-state index contributed by atoms with van der Waals surface area (Å²) in [4.78, 5) is 34.1. The lowest BCUT2D eigenvalue weighted by molar-refractivity contribution is -0.121. The molecule has 1 aromatic heterocycles. The zero-order valence-corrected chi connectivity index (χ0v) is 20.3. The molecule has 0 aliphatic heterocycles. The number of nitrogens with zero attached hydrogens (tertiary/aromatic N) is 3. The molecule has 190 valence electrons. The molecule has 0 spiro atoms. The SMILES string of the molecule is CN=C(N)c1ccc(CNC(=O)Cn2c(-c3cc(N)cc(C(F)F)c3)cnc(NC(C)C)c2=O)cc1. The van der Waals surface area contributed by atoms with Crippen LogP contribution in [-0.4, -0.2) is 34.4 Å². The molecule has 0 bridgehead atoms. The summed E-state index contributed by atoms with van der Waals surface area (Å²) in [5, 5.41) is 5.71. The summed E-state index contributed by atoms with van der Waals surface area (Å²) in [5.74, 6) is -0.000386. The van der Waals surface area contributed by atoms with Crippen LogP contribution >= 0.6 is 0 Å². The van der Waals surface area contributed by atoms with E-state index in [9.17, 15) is 18.4 Å². The van der Waals surface area contributed by atoms with Crippen LogP contribution in [-0.2, 0) is 17.9 Å². The Balaban J connectivity index is 1.90. The summed E-state index contributed by atoms with van der Waals surface area (Å²) in [6.07, 6.45) is -1.39. The Hall–Kier alpha value is -4.28. The summed E-state index contributed by atoms with van der Waals surface area (Å²) in [7, 11) is 1.60. The topological polar surface area (TPSA) is 140 Å². The number of nitrogens with two attached hydrogens (primary N) is 2. The van der Waals surface area contributed by atoms with E-state index >= 15 is 0 Å². The van der Waals surface area contributed by atoms with E-state index in [0.29, 0.717) is 5.84 Å². The Morgan fingerprint density at radius 1 is 1.17 bits per heavy atom. The largest absolute Gasteiger partial charge is 0.399 e. The van der Waals surface area contributed by atoms with Crippen LogP contribution in [0, 0.1) is 0 Å². The van der Waals surface area contributed by atoms with Crippen molar-refractivity contribution in [1.29, 1.82) is 0 Å². The molecule has 0 radical (unpaired) electrons. The van der Waals surface area contributed by atoms with Gasteiger partial charge in [-0.25, -0.2) is 13.8 Å². The summed E-state index contributed by atoms with van der Waals surface area (Å²) in [6.45, 7) is 3.53. The molecule has 36 heavy (non-hydrogen) atoms. The zero-order valence-electron chi connectivity index (χ0n) is 20.3. The highest BCUT2D eigenvalue weighted by Crippen LogP contribution is 2.28. The van der Waals surface area contributed by atoms with Crippen LogP contribution in [0.5, 0.6) is 0 Å². The second-order valence-electron chi connectivity index (χ2n) is 8.45. The standard InChI is InChI=1S/C25H29F2N7O2/c1-14(2)33-24-25(36)34(20(12-32-24)17-8-18(22(26)27)10-19(28)9-17)13-21(35)31-11-15-4-6-16(7-5-15)23(29)30-3/h4-10,12,14,22H,11,13,28H2,1-3H3,(H2,29,30)(H,31,35)(H,32,33). The van der Waals surface area contributed by atoms with Gasteiger partial charge in [-0.05, 0) is 37.6 Å². The number of rotatable bonds is 9. The summed E-state index contributed by atoms with van der Waals surface area (Å²) < 4.78 is 27.9. The van der Waals surface area contributed by atoms with Crippen molar-refractivity contribution in [2.75, 3.05) is 18.1 Å². The van der Waals surface area contributed by atoms with E-state index in [1.165, 1.54) is 22.9 Å². The zero-order chi connectivity index (χ0) is 26.4. The number of aliphatic imine (C=N–C) groups is 1. The van der Waals surface area contributed by atoms with Gasteiger partial charge < -0.3 is 22.1 Å². The van der Waals surface area contributed by atoms with E-state index in [4.69, 9.17) is 11.5 Å². The second kappa shape index (κ2) is 11.4. The highest BCUT2D eigenvalue weighted by atomic mass is 19.3. The van der Waals surface area contributed by atoms with Crippen LogP contribution < -0.4 is 27.7 Å². The highest BCUT2D eigenvalue weighted by molar-refractivity contribution is 5.97. The second-order valence-corrected chi connectivity index (χ2v) is 8.45. The first-order chi connectivity index (χ1) is 17.1. The quantitative estimate of drug-likeness (QED) is 0.204. The Morgan fingerprint density at radius 3 is 2.47 bits per heavy atom. The molecule has 0 aliphatic carbocycles. The van der Waals surface area contributed by atoms with Gasteiger partial charge in [0.05, 0.1) is 11.9 Å². The maximum atomic E-state index is 13.4. The van der Waals surface area contributed by atoms with Crippen LogP contribution in [0.3, 0.4) is 0 Å². The van der Waals surface area contributed by atoms with Crippen LogP contribution in [0.2, 0.25) is 0 Å². The molecule has 0 aliphatic rings. The van der Waals surface area contributed by atoms with E-state index in [0.717, 1.165) is 17.2 Å². The normalized spacial score (nSPS) is 11.7. The molecular weight excluding hydrogens is 468 g/mol. The summed E-state index contributed by atoms with van der Waals surface area (Å²) in [6, 6.07) is 11.0. The van der Waals surface area contributed by atoms with Gasteiger partial charge in [-0.2, -0.15) is 0 Å². The molecule has 6 N–H and O–H groups in total. The number of amides is 1. The van der Waals surface area contributed by atoms with Crippen LogP contribution in [0.25, 0.3) is 11.3 Å². The molecule has 0 saturated carbocycles. The van der Waals surface area contributed by atoms with Crippen LogP contribution in [0.4, 0.5) is 20.3 Å². The van der Waals surface area contributed by atoms with E-state index < -0.39 is 17.9 Å². The van der Waals surface area contributed by atoms with Crippen molar-refractivity contribution in [3.05, 3.63) is 75.7 Å². The molecule has 0 fully saturated rings. The average Bonchev–Trinajstić information content (AvgIpc) is 2.84. The number of halogens is 2. The lowest BCUT2D eigenvalue weighted by Gasteiger charge is -2.17. The summed E-state index contributed by atoms with van der Waals surface area (Å²) >= 11 is 0. The first-order valence-electron chi connectivity index (χ1n) is 11.2. The number of benzene rings is 2. The smallest absolute Gasteiger partial charge is 0.294 e. The number of nitrogens with one attached hydrogen (secondary N) is 2. The molecule has 1 amide bonds. The van der Waals surface area contributed by atoms with Gasteiger partial charge >= 0.3 is 0 Å². The van der Waals surface area contributed by atoms with E-state index in [1.807, 2.05) is 13.8 Å². The molecule has 3 aromatic rings. The number of anilines is 2. The number of carbonyl (C=O) groups excluding carboxylic acids is 1. The molecule has 3 rings (SSSR count). The van der Waals surface area contributed by atoms with Crippen molar-refractivity contribution >= 4 is 23.2 Å². The fraction of sp³-hybridized carbons (Fsp3) is 0.280. The molecule has 0 atom stereocenters. The lowest BCUT2D eigenvalue weighted by atomic mass is 10.1. The fourth-order valence-electron chi connectivity index (χ4n) is 3.52. The lowest BCUT2D eigenvalue weighted by Crippen LogP contribution is -2.35. The molecule has 9 nitrogen and oxygen atoms in total. The van der Waals surface area contributed by atoms with Gasteiger partial charge in [-0.1, -0.05) is 24.3 Å². The van der Waals surface area contributed by atoms with Crippen molar-refractivity contribution in [3.63, 3.8) is 0 Å². The predicted molar refractivity (Wildman–Crippen MR) is 137 cm³/mol. The Kier molecular flexibility index (Phi) is 8.36. The Bertz CT molecular complexity index is 1320. The summed E-state index contributed by atoms with van der Waals surface area (Å²) in [5.41, 5.74) is 12.9.